The van der Waals surface area contributed by atoms with E-state index in [2.05, 4.69) is 15.1 Å². The Kier molecular flexibility index (Phi) is 3.33. The summed E-state index contributed by atoms with van der Waals surface area (Å²) >= 11 is 0. The molecule has 3 aromatic rings. The second kappa shape index (κ2) is 5.49. The van der Waals surface area contributed by atoms with Gasteiger partial charge >= 0.3 is 0 Å². The molecule has 0 radical (unpaired) electrons. The van der Waals surface area contributed by atoms with E-state index >= 15 is 0 Å². The summed E-state index contributed by atoms with van der Waals surface area (Å²) in [6.45, 7) is 2.47. The molecule has 0 aliphatic carbocycles. The maximum Gasteiger partial charge on any atom is 0.276 e. The van der Waals surface area contributed by atoms with Gasteiger partial charge in [0.25, 0.3) is 5.91 Å². The van der Waals surface area contributed by atoms with Gasteiger partial charge in [-0.15, -0.1) is 0 Å². The number of oxazole rings is 1. The van der Waals surface area contributed by atoms with Gasteiger partial charge in [0.15, 0.2) is 17.7 Å². The first-order valence-corrected chi connectivity index (χ1v) is 7.75. The van der Waals surface area contributed by atoms with E-state index in [0.29, 0.717) is 18.0 Å². The molecule has 1 fully saturated rings. The van der Waals surface area contributed by atoms with Crippen LogP contribution >= 0.6 is 0 Å². The van der Waals surface area contributed by atoms with E-state index < -0.39 is 0 Å². The lowest BCUT2D eigenvalue weighted by Crippen LogP contribution is -2.39. The number of carbonyl (C=O) groups excluding carboxylic acids is 1. The van der Waals surface area contributed by atoms with Crippen LogP contribution in [0.15, 0.2) is 35.3 Å². The van der Waals surface area contributed by atoms with Gasteiger partial charge in [-0.05, 0) is 32.3 Å². The van der Waals surface area contributed by atoms with Crippen LogP contribution in [-0.4, -0.2) is 36.9 Å². The average molecular weight is 311 g/mol. The number of nitrogens with zero attached hydrogens (tertiary/aromatic N) is 5. The molecule has 0 unspecified atom stereocenters. The van der Waals surface area contributed by atoms with Gasteiger partial charge in [-0.2, -0.15) is 5.10 Å². The number of likely N-dealkylation sites (tertiary alicyclic amines) is 1. The van der Waals surface area contributed by atoms with Crippen LogP contribution in [0.5, 0.6) is 0 Å². The smallest absolute Gasteiger partial charge is 0.276 e. The van der Waals surface area contributed by atoms with Crippen molar-refractivity contribution in [1.82, 2.24) is 24.5 Å². The Morgan fingerprint density at radius 3 is 3.09 bits per heavy atom. The van der Waals surface area contributed by atoms with E-state index in [4.69, 9.17) is 4.42 Å². The van der Waals surface area contributed by atoms with Crippen LogP contribution in [-0.2, 0) is 0 Å². The standard InChI is InChI=1S/C16H17N5O2/c1-11-15(17-10-23-11)16(22)20-8-3-2-4-13(20)12-6-9-21-14(19-12)5-7-18-21/h5-7,9-10,13H,2-4,8H2,1H3/t13-/m0/s1. The van der Waals surface area contributed by atoms with Crippen molar-refractivity contribution >= 4 is 11.6 Å². The SMILES string of the molecule is Cc1ocnc1C(=O)N1CCCC[C@H]1c1ccn2nccc2n1. The monoisotopic (exact) mass is 311 g/mol. The number of aromatic nitrogens is 4. The van der Waals surface area contributed by atoms with Crippen molar-refractivity contribution < 1.29 is 9.21 Å². The maximum absolute atomic E-state index is 12.8. The largest absolute Gasteiger partial charge is 0.448 e. The minimum atomic E-state index is -0.0869. The van der Waals surface area contributed by atoms with Crippen molar-refractivity contribution in [2.45, 2.75) is 32.2 Å². The Hall–Kier alpha value is -2.70. The number of carbonyl (C=O) groups is 1. The Morgan fingerprint density at radius 1 is 1.35 bits per heavy atom. The van der Waals surface area contributed by atoms with Gasteiger partial charge in [0.05, 0.1) is 17.9 Å². The summed E-state index contributed by atoms with van der Waals surface area (Å²) in [5, 5.41) is 4.16. The molecule has 23 heavy (non-hydrogen) atoms. The summed E-state index contributed by atoms with van der Waals surface area (Å²) in [6.07, 6.45) is 7.90. The molecule has 7 nitrogen and oxygen atoms in total. The van der Waals surface area contributed by atoms with E-state index in [0.717, 1.165) is 30.6 Å². The van der Waals surface area contributed by atoms with Crippen LogP contribution in [0.4, 0.5) is 0 Å². The average Bonchev–Trinajstić information content (AvgIpc) is 3.22. The fraction of sp³-hybridized carbons (Fsp3) is 0.375. The molecule has 3 aromatic heterocycles. The zero-order valence-electron chi connectivity index (χ0n) is 12.8. The minimum absolute atomic E-state index is 0.0350. The molecule has 0 bridgehead atoms. The Morgan fingerprint density at radius 2 is 2.26 bits per heavy atom. The molecule has 118 valence electrons. The van der Waals surface area contributed by atoms with E-state index in [-0.39, 0.29) is 11.9 Å². The normalized spacial score (nSPS) is 18.5. The highest BCUT2D eigenvalue weighted by Gasteiger charge is 2.31. The minimum Gasteiger partial charge on any atom is -0.448 e. The molecule has 1 aliphatic rings. The number of aryl methyl sites for hydroxylation is 1. The van der Waals surface area contributed by atoms with E-state index in [1.54, 1.807) is 17.6 Å². The third-order valence-electron chi connectivity index (χ3n) is 4.33. The molecule has 4 heterocycles. The Bertz CT molecular complexity index is 853. The third-order valence-corrected chi connectivity index (χ3v) is 4.33. The van der Waals surface area contributed by atoms with Crippen LogP contribution in [0.2, 0.25) is 0 Å². The summed E-state index contributed by atoms with van der Waals surface area (Å²) in [5.74, 6) is 0.467. The van der Waals surface area contributed by atoms with Gasteiger partial charge in [0, 0.05) is 18.8 Å². The van der Waals surface area contributed by atoms with E-state index in [9.17, 15) is 4.79 Å². The molecule has 7 heteroatoms. The van der Waals surface area contributed by atoms with Crippen molar-refractivity contribution in [2.75, 3.05) is 6.54 Å². The number of hydrogen-bond donors (Lipinski definition) is 0. The lowest BCUT2D eigenvalue weighted by atomic mass is 9.98. The van der Waals surface area contributed by atoms with Gasteiger partial charge < -0.3 is 9.32 Å². The predicted octanol–water partition coefficient (Wildman–Crippen LogP) is 2.39. The fourth-order valence-electron chi connectivity index (χ4n) is 3.14. The highest BCUT2D eigenvalue weighted by atomic mass is 16.3. The van der Waals surface area contributed by atoms with Gasteiger partial charge in [0.1, 0.15) is 5.76 Å². The molecular weight excluding hydrogens is 294 g/mol. The molecule has 1 amide bonds. The number of rotatable bonds is 2. The van der Waals surface area contributed by atoms with Crippen LogP contribution < -0.4 is 0 Å². The first-order chi connectivity index (χ1) is 11.2. The number of amides is 1. The lowest BCUT2D eigenvalue weighted by Gasteiger charge is -2.35. The molecular formula is C16H17N5O2. The summed E-state index contributed by atoms with van der Waals surface area (Å²) in [4.78, 5) is 23.4. The van der Waals surface area contributed by atoms with Gasteiger partial charge in [0.2, 0.25) is 0 Å². The summed E-state index contributed by atoms with van der Waals surface area (Å²) in [5.41, 5.74) is 2.08. The second-order valence-corrected chi connectivity index (χ2v) is 5.75. The Labute approximate surface area is 132 Å². The van der Waals surface area contributed by atoms with E-state index in [1.165, 1.54) is 6.39 Å². The lowest BCUT2D eigenvalue weighted by molar-refractivity contribution is 0.0599. The van der Waals surface area contributed by atoms with Crippen molar-refractivity contribution in [3.05, 3.63) is 48.1 Å². The first kappa shape index (κ1) is 13.9. The Balaban J connectivity index is 1.70. The molecule has 0 N–H and O–H groups in total. The van der Waals surface area contributed by atoms with Crippen molar-refractivity contribution in [3.8, 4) is 0 Å². The molecule has 1 saturated heterocycles. The zero-order chi connectivity index (χ0) is 15.8. The number of hydrogen-bond acceptors (Lipinski definition) is 5. The molecule has 0 spiro atoms. The van der Waals surface area contributed by atoms with Crippen molar-refractivity contribution in [2.24, 2.45) is 0 Å². The van der Waals surface area contributed by atoms with Crippen LogP contribution in [0.1, 0.15) is 47.2 Å². The summed E-state index contributed by atoms with van der Waals surface area (Å²) in [6, 6.07) is 3.76. The molecule has 1 atom stereocenters. The molecule has 4 rings (SSSR count). The van der Waals surface area contributed by atoms with Gasteiger partial charge in [-0.3, -0.25) is 4.79 Å². The maximum atomic E-state index is 12.8. The second-order valence-electron chi connectivity index (χ2n) is 5.75. The zero-order valence-corrected chi connectivity index (χ0v) is 12.8. The van der Waals surface area contributed by atoms with Crippen molar-refractivity contribution in [3.63, 3.8) is 0 Å². The molecule has 0 aromatic carbocycles. The van der Waals surface area contributed by atoms with Gasteiger partial charge in [-0.1, -0.05) is 0 Å². The highest BCUT2D eigenvalue weighted by molar-refractivity contribution is 5.93. The quantitative estimate of drug-likeness (QED) is 0.726. The number of piperidine rings is 1. The summed E-state index contributed by atoms with van der Waals surface area (Å²) < 4.78 is 6.90. The number of fused-ring (bicyclic) bond motifs is 1. The third kappa shape index (κ3) is 2.38. The van der Waals surface area contributed by atoms with E-state index in [1.807, 2.05) is 23.2 Å². The molecule has 0 saturated carbocycles. The summed E-state index contributed by atoms with van der Waals surface area (Å²) in [7, 11) is 0. The molecule has 1 aliphatic heterocycles. The van der Waals surface area contributed by atoms with Crippen LogP contribution in [0.3, 0.4) is 0 Å². The van der Waals surface area contributed by atoms with Crippen LogP contribution in [0, 0.1) is 6.92 Å². The van der Waals surface area contributed by atoms with Crippen LogP contribution in [0.25, 0.3) is 5.65 Å². The topological polar surface area (TPSA) is 76.5 Å². The highest BCUT2D eigenvalue weighted by Crippen LogP contribution is 2.31. The predicted molar refractivity (Wildman–Crippen MR) is 81.9 cm³/mol. The first-order valence-electron chi connectivity index (χ1n) is 7.75. The van der Waals surface area contributed by atoms with Gasteiger partial charge in [-0.25, -0.2) is 14.5 Å². The fourth-order valence-corrected chi connectivity index (χ4v) is 3.14. The van der Waals surface area contributed by atoms with Crippen molar-refractivity contribution in [1.29, 1.82) is 0 Å².